The summed E-state index contributed by atoms with van der Waals surface area (Å²) in [5.41, 5.74) is 2.39. The number of phenolic OH excluding ortho intramolecular Hbond substituents is 1. The van der Waals surface area contributed by atoms with E-state index in [4.69, 9.17) is 0 Å². The van der Waals surface area contributed by atoms with Gasteiger partial charge in [-0.1, -0.05) is 44.2 Å². The highest BCUT2D eigenvalue weighted by atomic mass is 16.3. The SMILES string of the molecule is Cc1ccccc1C(=O)NC(C(=O)NCCc1cccc(O)c1)C(C)C. The predicted octanol–water partition coefficient (Wildman–Crippen LogP) is 2.81. The molecule has 138 valence electrons. The zero-order chi connectivity index (χ0) is 19.1. The van der Waals surface area contributed by atoms with Gasteiger partial charge in [0, 0.05) is 12.1 Å². The maximum absolute atomic E-state index is 12.5. The molecule has 0 aliphatic carbocycles. The fourth-order valence-electron chi connectivity index (χ4n) is 2.73. The van der Waals surface area contributed by atoms with Crippen LogP contribution in [-0.4, -0.2) is 29.5 Å². The van der Waals surface area contributed by atoms with E-state index in [1.807, 2.05) is 45.0 Å². The first-order valence-electron chi connectivity index (χ1n) is 8.80. The van der Waals surface area contributed by atoms with Crippen molar-refractivity contribution in [2.45, 2.75) is 33.2 Å². The summed E-state index contributed by atoms with van der Waals surface area (Å²) in [5, 5.41) is 15.2. The van der Waals surface area contributed by atoms with Gasteiger partial charge in [-0.2, -0.15) is 0 Å². The molecule has 0 spiro atoms. The number of carbonyl (C=O) groups excluding carboxylic acids is 2. The standard InChI is InChI=1S/C21H26N2O3/c1-14(2)19(23-20(25)18-10-5-4-7-15(18)3)21(26)22-12-11-16-8-6-9-17(24)13-16/h4-10,13-14,19,24H,11-12H2,1-3H3,(H,22,26)(H,23,25). The Morgan fingerprint density at radius 1 is 1.08 bits per heavy atom. The summed E-state index contributed by atoms with van der Waals surface area (Å²) in [5.74, 6) is -0.282. The summed E-state index contributed by atoms with van der Waals surface area (Å²) in [7, 11) is 0. The highest BCUT2D eigenvalue weighted by molar-refractivity contribution is 5.98. The lowest BCUT2D eigenvalue weighted by Crippen LogP contribution is -2.50. The van der Waals surface area contributed by atoms with E-state index < -0.39 is 6.04 Å². The van der Waals surface area contributed by atoms with Crippen LogP contribution in [0.1, 0.15) is 35.3 Å². The average molecular weight is 354 g/mol. The molecule has 2 amide bonds. The molecule has 5 nitrogen and oxygen atoms in total. The summed E-state index contributed by atoms with van der Waals surface area (Å²) < 4.78 is 0. The van der Waals surface area contributed by atoms with Crippen LogP contribution in [-0.2, 0) is 11.2 Å². The highest BCUT2D eigenvalue weighted by Gasteiger charge is 2.24. The van der Waals surface area contributed by atoms with Crippen LogP contribution >= 0.6 is 0 Å². The molecule has 0 bridgehead atoms. The summed E-state index contributed by atoms with van der Waals surface area (Å²) >= 11 is 0. The van der Waals surface area contributed by atoms with Gasteiger partial charge in [0.25, 0.3) is 5.91 Å². The minimum atomic E-state index is -0.605. The molecule has 26 heavy (non-hydrogen) atoms. The van der Waals surface area contributed by atoms with Crippen LogP contribution in [0, 0.1) is 12.8 Å². The van der Waals surface area contributed by atoms with Crippen LogP contribution in [0.4, 0.5) is 0 Å². The van der Waals surface area contributed by atoms with E-state index in [0.717, 1.165) is 11.1 Å². The molecule has 5 heteroatoms. The molecule has 0 aliphatic rings. The van der Waals surface area contributed by atoms with E-state index in [1.54, 1.807) is 24.3 Å². The van der Waals surface area contributed by atoms with Crippen molar-refractivity contribution < 1.29 is 14.7 Å². The van der Waals surface area contributed by atoms with Crippen LogP contribution in [0.15, 0.2) is 48.5 Å². The lowest BCUT2D eigenvalue weighted by molar-refractivity contribution is -0.123. The van der Waals surface area contributed by atoms with Gasteiger partial charge in [0.15, 0.2) is 0 Å². The van der Waals surface area contributed by atoms with Crippen molar-refractivity contribution in [2.75, 3.05) is 6.54 Å². The molecule has 0 aliphatic heterocycles. The molecular formula is C21H26N2O3. The zero-order valence-corrected chi connectivity index (χ0v) is 15.5. The number of hydrogen-bond donors (Lipinski definition) is 3. The molecule has 0 aromatic heterocycles. The lowest BCUT2D eigenvalue weighted by atomic mass is 10.0. The van der Waals surface area contributed by atoms with E-state index in [0.29, 0.717) is 18.5 Å². The third kappa shape index (κ3) is 5.34. The first kappa shape index (κ1) is 19.5. The number of hydrogen-bond acceptors (Lipinski definition) is 3. The van der Waals surface area contributed by atoms with E-state index in [2.05, 4.69) is 10.6 Å². The van der Waals surface area contributed by atoms with Crippen LogP contribution in [0.2, 0.25) is 0 Å². The monoisotopic (exact) mass is 354 g/mol. The van der Waals surface area contributed by atoms with Crippen LogP contribution in [0.3, 0.4) is 0 Å². The molecule has 0 fully saturated rings. The number of benzene rings is 2. The predicted molar refractivity (Wildman–Crippen MR) is 102 cm³/mol. The molecule has 3 N–H and O–H groups in total. The summed E-state index contributed by atoms with van der Waals surface area (Å²) in [6.45, 7) is 6.11. The molecule has 0 radical (unpaired) electrons. The number of nitrogens with one attached hydrogen (secondary N) is 2. The lowest BCUT2D eigenvalue weighted by Gasteiger charge is -2.22. The maximum atomic E-state index is 12.5. The molecule has 1 atom stereocenters. The van der Waals surface area contributed by atoms with Crippen LogP contribution in [0.5, 0.6) is 5.75 Å². The van der Waals surface area contributed by atoms with Crippen LogP contribution < -0.4 is 10.6 Å². The molecule has 2 rings (SSSR count). The fourth-order valence-corrected chi connectivity index (χ4v) is 2.73. The van der Waals surface area contributed by atoms with Crippen molar-refractivity contribution in [1.29, 1.82) is 0 Å². The molecule has 2 aromatic rings. The van der Waals surface area contributed by atoms with Gasteiger partial charge >= 0.3 is 0 Å². The minimum Gasteiger partial charge on any atom is -0.508 e. The smallest absolute Gasteiger partial charge is 0.252 e. The molecule has 0 saturated heterocycles. The van der Waals surface area contributed by atoms with Crippen LogP contribution in [0.25, 0.3) is 0 Å². The number of carbonyl (C=O) groups is 2. The van der Waals surface area contributed by atoms with Gasteiger partial charge in [-0.05, 0) is 48.6 Å². The minimum absolute atomic E-state index is 0.0382. The Bertz CT molecular complexity index is 771. The Balaban J connectivity index is 1.94. The molecular weight excluding hydrogens is 328 g/mol. The van der Waals surface area contributed by atoms with Gasteiger partial charge < -0.3 is 15.7 Å². The third-order valence-corrected chi connectivity index (χ3v) is 4.25. The second-order valence-electron chi connectivity index (χ2n) is 6.72. The number of phenols is 1. The van der Waals surface area contributed by atoms with Gasteiger partial charge in [0.1, 0.15) is 11.8 Å². The van der Waals surface area contributed by atoms with Crippen molar-refractivity contribution in [1.82, 2.24) is 10.6 Å². The van der Waals surface area contributed by atoms with E-state index in [1.165, 1.54) is 0 Å². The molecule has 1 unspecified atom stereocenters. The number of rotatable bonds is 7. The Hall–Kier alpha value is -2.82. The summed E-state index contributed by atoms with van der Waals surface area (Å²) in [6, 6.07) is 13.6. The number of aryl methyl sites for hydroxylation is 1. The van der Waals surface area contributed by atoms with Gasteiger partial charge in [-0.25, -0.2) is 0 Å². The summed E-state index contributed by atoms with van der Waals surface area (Å²) in [6.07, 6.45) is 0.608. The Kier molecular flexibility index (Phi) is 6.78. The van der Waals surface area contributed by atoms with Gasteiger partial charge in [0.2, 0.25) is 5.91 Å². The Morgan fingerprint density at radius 2 is 1.81 bits per heavy atom. The number of amides is 2. The van der Waals surface area contributed by atoms with Crippen molar-refractivity contribution in [3.63, 3.8) is 0 Å². The largest absolute Gasteiger partial charge is 0.508 e. The van der Waals surface area contributed by atoms with Crippen molar-refractivity contribution in [3.05, 3.63) is 65.2 Å². The third-order valence-electron chi connectivity index (χ3n) is 4.25. The second-order valence-corrected chi connectivity index (χ2v) is 6.72. The quantitative estimate of drug-likeness (QED) is 0.715. The molecule has 2 aromatic carbocycles. The first-order valence-corrected chi connectivity index (χ1v) is 8.80. The van der Waals surface area contributed by atoms with E-state index in [-0.39, 0.29) is 23.5 Å². The van der Waals surface area contributed by atoms with Gasteiger partial charge in [0.05, 0.1) is 0 Å². The maximum Gasteiger partial charge on any atom is 0.252 e. The Morgan fingerprint density at radius 3 is 2.46 bits per heavy atom. The van der Waals surface area contributed by atoms with E-state index in [9.17, 15) is 14.7 Å². The summed E-state index contributed by atoms with van der Waals surface area (Å²) in [4.78, 5) is 25.0. The second kappa shape index (κ2) is 9.04. The zero-order valence-electron chi connectivity index (χ0n) is 15.5. The van der Waals surface area contributed by atoms with Gasteiger partial charge in [-0.15, -0.1) is 0 Å². The highest BCUT2D eigenvalue weighted by Crippen LogP contribution is 2.11. The normalized spacial score (nSPS) is 11.8. The average Bonchev–Trinajstić information content (AvgIpc) is 2.59. The topological polar surface area (TPSA) is 78.4 Å². The van der Waals surface area contributed by atoms with Gasteiger partial charge in [-0.3, -0.25) is 9.59 Å². The fraction of sp³-hybridized carbons (Fsp3) is 0.333. The number of aromatic hydroxyl groups is 1. The van der Waals surface area contributed by atoms with Crippen molar-refractivity contribution >= 4 is 11.8 Å². The first-order chi connectivity index (χ1) is 12.4. The van der Waals surface area contributed by atoms with Crippen molar-refractivity contribution in [2.24, 2.45) is 5.92 Å². The Labute approximate surface area is 154 Å². The molecule has 0 heterocycles. The van der Waals surface area contributed by atoms with Crippen molar-refractivity contribution in [3.8, 4) is 5.75 Å². The van der Waals surface area contributed by atoms with E-state index >= 15 is 0 Å². The molecule has 0 saturated carbocycles.